The Hall–Kier alpha value is -2.40. The third-order valence-corrected chi connectivity index (χ3v) is 6.03. The number of benzene rings is 2. The number of pyridine rings is 1. The number of carbonyl (C=O) groups is 1. The maximum absolute atomic E-state index is 12.4. The van der Waals surface area contributed by atoms with Crippen LogP contribution in [-0.4, -0.2) is 31.2 Å². The highest BCUT2D eigenvalue weighted by Crippen LogP contribution is 2.42. The molecule has 0 radical (unpaired) electrons. The fourth-order valence-electron chi connectivity index (χ4n) is 3.97. The smallest absolute Gasteiger partial charge is 0.251 e. The molecule has 0 spiro atoms. The first-order valence-corrected chi connectivity index (χ1v) is 10.6. The summed E-state index contributed by atoms with van der Waals surface area (Å²) in [5, 5.41) is 4.17. The highest BCUT2D eigenvalue weighted by atomic mass is 35.5. The van der Waals surface area contributed by atoms with Gasteiger partial charge in [-0.1, -0.05) is 41.4 Å². The summed E-state index contributed by atoms with van der Waals surface area (Å²) in [6.07, 6.45) is 3.69. The lowest BCUT2D eigenvalue weighted by Gasteiger charge is -2.15. The molecule has 0 aliphatic heterocycles. The lowest BCUT2D eigenvalue weighted by molar-refractivity contribution is 0.0937. The summed E-state index contributed by atoms with van der Waals surface area (Å²) in [6.45, 7) is 0.943. The van der Waals surface area contributed by atoms with Crippen molar-refractivity contribution < 1.29 is 9.53 Å². The van der Waals surface area contributed by atoms with Crippen LogP contribution in [0.2, 0.25) is 10.0 Å². The Morgan fingerprint density at radius 3 is 2.80 bits per heavy atom. The monoisotopic (exact) mass is 440 g/mol. The third kappa shape index (κ3) is 4.36. The number of aromatic nitrogens is 1. The van der Waals surface area contributed by atoms with Gasteiger partial charge in [0.05, 0.1) is 12.3 Å². The molecule has 1 N–H and O–H groups in total. The average Bonchev–Trinajstić information content (AvgIpc) is 3.17. The second-order valence-electron chi connectivity index (χ2n) is 7.35. The van der Waals surface area contributed by atoms with Gasteiger partial charge < -0.3 is 10.1 Å². The zero-order valence-electron chi connectivity index (χ0n) is 16.6. The fraction of sp³-hybridized carbons (Fsp3) is 0.250. The lowest BCUT2D eigenvalue weighted by Crippen LogP contribution is -2.26. The van der Waals surface area contributed by atoms with E-state index < -0.39 is 0 Å². The molecular formula is C24H22Cl2N2O2. The van der Waals surface area contributed by atoms with Gasteiger partial charge in [-0.25, -0.2) is 0 Å². The lowest BCUT2D eigenvalue weighted by atomic mass is 9.91. The number of amides is 1. The second-order valence-corrected chi connectivity index (χ2v) is 8.19. The summed E-state index contributed by atoms with van der Waals surface area (Å²) in [5.41, 5.74) is 6.00. The summed E-state index contributed by atoms with van der Waals surface area (Å²) < 4.78 is 4.98. The van der Waals surface area contributed by atoms with Gasteiger partial charge in [0.2, 0.25) is 0 Å². The van der Waals surface area contributed by atoms with Crippen molar-refractivity contribution >= 4 is 29.1 Å². The van der Waals surface area contributed by atoms with Crippen molar-refractivity contribution in [2.24, 2.45) is 0 Å². The van der Waals surface area contributed by atoms with E-state index >= 15 is 0 Å². The predicted molar refractivity (Wildman–Crippen MR) is 121 cm³/mol. The van der Waals surface area contributed by atoms with Gasteiger partial charge in [-0.05, 0) is 59.9 Å². The van der Waals surface area contributed by atoms with Crippen LogP contribution < -0.4 is 5.32 Å². The molecule has 0 saturated carbocycles. The number of halogens is 2. The number of ether oxygens (including phenoxy) is 1. The first-order valence-electron chi connectivity index (χ1n) is 9.88. The number of hydrogen-bond acceptors (Lipinski definition) is 3. The van der Waals surface area contributed by atoms with Gasteiger partial charge in [0.1, 0.15) is 0 Å². The Balaban J connectivity index is 1.63. The molecule has 1 unspecified atom stereocenters. The molecule has 0 fully saturated rings. The quantitative estimate of drug-likeness (QED) is 0.514. The number of fused-ring (bicyclic) bond motifs is 1. The number of rotatable bonds is 6. The Labute approximate surface area is 186 Å². The molecule has 3 aromatic rings. The van der Waals surface area contributed by atoms with Crippen LogP contribution in [-0.2, 0) is 11.2 Å². The maximum Gasteiger partial charge on any atom is 0.251 e. The standard InChI is InChI=1S/C24H22Cl2N2O2/c1-30-11-10-28-24(29)17-8-9-27-23(13-17)16-3-2-15-4-6-19(21(15)12-16)20-7-5-18(25)14-22(20)26/h2-3,5,7-9,12-14,19H,4,6,10-11H2,1H3,(H,28,29). The zero-order valence-corrected chi connectivity index (χ0v) is 18.1. The van der Waals surface area contributed by atoms with Crippen LogP contribution in [0, 0.1) is 0 Å². The molecule has 0 saturated heterocycles. The van der Waals surface area contributed by atoms with Gasteiger partial charge in [0, 0.05) is 46.9 Å². The first kappa shape index (κ1) is 20.9. The van der Waals surface area contributed by atoms with Crippen LogP contribution in [0.3, 0.4) is 0 Å². The number of methoxy groups -OCH3 is 1. The zero-order chi connectivity index (χ0) is 21.1. The molecule has 0 bridgehead atoms. The van der Waals surface area contributed by atoms with Crippen molar-refractivity contribution in [3.63, 3.8) is 0 Å². The predicted octanol–water partition coefficient (Wildman–Crippen LogP) is 5.51. The SMILES string of the molecule is COCCNC(=O)c1ccnc(-c2ccc3c(c2)C(c2ccc(Cl)cc2Cl)CC3)c1. The van der Waals surface area contributed by atoms with E-state index in [0.29, 0.717) is 28.8 Å². The van der Waals surface area contributed by atoms with E-state index in [2.05, 4.69) is 28.5 Å². The number of aryl methyl sites for hydroxylation is 1. The van der Waals surface area contributed by atoms with Gasteiger partial charge in [0.15, 0.2) is 0 Å². The van der Waals surface area contributed by atoms with E-state index in [4.69, 9.17) is 27.9 Å². The van der Waals surface area contributed by atoms with Crippen molar-refractivity contribution in [1.82, 2.24) is 10.3 Å². The number of nitrogens with one attached hydrogen (secondary N) is 1. The van der Waals surface area contributed by atoms with E-state index in [9.17, 15) is 4.79 Å². The maximum atomic E-state index is 12.4. The van der Waals surface area contributed by atoms with Gasteiger partial charge in [-0.2, -0.15) is 0 Å². The summed E-state index contributed by atoms with van der Waals surface area (Å²) in [5.74, 6) is 0.0907. The second kappa shape index (κ2) is 9.17. The molecule has 1 atom stereocenters. The largest absolute Gasteiger partial charge is 0.383 e. The average molecular weight is 441 g/mol. The molecule has 154 valence electrons. The van der Waals surface area contributed by atoms with Crippen molar-refractivity contribution in [1.29, 1.82) is 0 Å². The number of hydrogen-bond donors (Lipinski definition) is 1. The highest BCUT2D eigenvalue weighted by molar-refractivity contribution is 6.35. The van der Waals surface area contributed by atoms with Crippen LogP contribution in [0.15, 0.2) is 54.7 Å². The minimum Gasteiger partial charge on any atom is -0.383 e. The van der Waals surface area contributed by atoms with E-state index in [-0.39, 0.29) is 11.8 Å². The molecule has 6 heteroatoms. The molecule has 1 aliphatic rings. The summed E-state index contributed by atoms with van der Waals surface area (Å²) in [6, 6.07) is 15.6. The van der Waals surface area contributed by atoms with Crippen LogP contribution in [0.25, 0.3) is 11.3 Å². The Kier molecular flexibility index (Phi) is 6.38. The first-order chi connectivity index (χ1) is 14.6. The van der Waals surface area contributed by atoms with E-state index in [1.165, 1.54) is 11.1 Å². The van der Waals surface area contributed by atoms with Gasteiger partial charge in [-0.3, -0.25) is 9.78 Å². The molecule has 30 heavy (non-hydrogen) atoms. The van der Waals surface area contributed by atoms with Crippen LogP contribution in [0.1, 0.15) is 39.4 Å². The minimum atomic E-state index is -0.136. The molecule has 4 rings (SSSR count). The number of carbonyl (C=O) groups excluding carboxylic acids is 1. The fourth-order valence-corrected chi connectivity index (χ4v) is 4.51. The number of nitrogens with zero attached hydrogens (tertiary/aromatic N) is 1. The molecule has 2 aromatic carbocycles. The van der Waals surface area contributed by atoms with Gasteiger partial charge >= 0.3 is 0 Å². The molecule has 1 aromatic heterocycles. The van der Waals surface area contributed by atoms with Crippen LogP contribution in [0.4, 0.5) is 0 Å². The van der Waals surface area contributed by atoms with Crippen molar-refractivity contribution in [3.8, 4) is 11.3 Å². The van der Waals surface area contributed by atoms with Crippen molar-refractivity contribution in [3.05, 3.63) is 87.0 Å². The van der Waals surface area contributed by atoms with E-state index in [1.54, 1.807) is 25.4 Å². The molecule has 1 heterocycles. The summed E-state index contributed by atoms with van der Waals surface area (Å²) >= 11 is 12.6. The topological polar surface area (TPSA) is 51.2 Å². The highest BCUT2D eigenvalue weighted by Gasteiger charge is 2.26. The Bertz CT molecular complexity index is 1080. The third-order valence-electron chi connectivity index (χ3n) is 5.47. The van der Waals surface area contributed by atoms with Gasteiger partial charge in [0.25, 0.3) is 5.91 Å². The van der Waals surface area contributed by atoms with E-state index in [1.807, 2.05) is 18.2 Å². The molecule has 1 amide bonds. The van der Waals surface area contributed by atoms with E-state index in [0.717, 1.165) is 29.7 Å². The van der Waals surface area contributed by atoms with Gasteiger partial charge in [-0.15, -0.1) is 0 Å². The molecule has 4 nitrogen and oxygen atoms in total. The van der Waals surface area contributed by atoms with Crippen LogP contribution in [0.5, 0.6) is 0 Å². The summed E-state index contributed by atoms with van der Waals surface area (Å²) in [4.78, 5) is 16.9. The normalized spacial score (nSPS) is 15.1. The van der Waals surface area contributed by atoms with Crippen LogP contribution >= 0.6 is 23.2 Å². The summed E-state index contributed by atoms with van der Waals surface area (Å²) in [7, 11) is 1.61. The van der Waals surface area contributed by atoms with Crippen molar-refractivity contribution in [2.75, 3.05) is 20.3 Å². The Morgan fingerprint density at radius 1 is 1.13 bits per heavy atom. The molecule has 1 aliphatic carbocycles. The molecular weight excluding hydrogens is 419 g/mol. The van der Waals surface area contributed by atoms with Crippen molar-refractivity contribution in [2.45, 2.75) is 18.8 Å². The Morgan fingerprint density at radius 2 is 2.00 bits per heavy atom. The minimum absolute atomic E-state index is 0.136.